The Labute approximate surface area is 160 Å². The van der Waals surface area contributed by atoms with Gasteiger partial charge in [-0.2, -0.15) is 0 Å². The highest BCUT2D eigenvalue weighted by molar-refractivity contribution is 6.31. The molecule has 2 aliphatic rings. The molecule has 0 N–H and O–H groups in total. The van der Waals surface area contributed by atoms with Gasteiger partial charge in [0.05, 0.1) is 10.7 Å². The summed E-state index contributed by atoms with van der Waals surface area (Å²) in [5, 5.41) is -0.0965. The van der Waals surface area contributed by atoms with E-state index in [0.29, 0.717) is 41.8 Å². The van der Waals surface area contributed by atoms with Gasteiger partial charge in [0.25, 0.3) is 0 Å². The first-order valence-electron chi connectivity index (χ1n) is 8.76. The predicted octanol–water partition coefficient (Wildman–Crippen LogP) is 5.15. The SMILES string of the molecule is O=C1CCCC2=C1C(c1ccccc1F)CC(=O)N2c1ccc(F)c(Cl)c1. The highest BCUT2D eigenvalue weighted by atomic mass is 35.5. The number of hydrogen-bond donors (Lipinski definition) is 0. The van der Waals surface area contributed by atoms with Crippen LogP contribution in [0.4, 0.5) is 14.5 Å². The van der Waals surface area contributed by atoms with Crippen LogP contribution in [-0.2, 0) is 9.59 Å². The molecule has 1 aliphatic heterocycles. The standard InChI is InChI=1S/C21H16ClF2NO2/c22-15-10-12(8-9-17(15)24)25-18-6-3-7-19(26)21(18)14(11-20(25)27)13-4-1-2-5-16(13)23/h1-2,4-5,8-10,14H,3,6-7,11H2. The molecular formula is C21H16ClF2NO2. The molecule has 1 atom stereocenters. The molecule has 0 saturated heterocycles. The molecular weight excluding hydrogens is 372 g/mol. The largest absolute Gasteiger partial charge is 0.294 e. The molecule has 138 valence electrons. The highest BCUT2D eigenvalue weighted by Gasteiger charge is 2.40. The summed E-state index contributed by atoms with van der Waals surface area (Å²) in [5.74, 6) is -1.95. The average Bonchev–Trinajstić information content (AvgIpc) is 2.64. The molecule has 0 aromatic heterocycles. The third-order valence-electron chi connectivity index (χ3n) is 5.12. The van der Waals surface area contributed by atoms with Crippen LogP contribution >= 0.6 is 11.6 Å². The summed E-state index contributed by atoms with van der Waals surface area (Å²) in [6, 6.07) is 10.3. The number of allylic oxidation sites excluding steroid dienone is 2. The van der Waals surface area contributed by atoms with Crippen LogP contribution in [0.2, 0.25) is 5.02 Å². The van der Waals surface area contributed by atoms with E-state index in [1.807, 2.05) is 0 Å². The zero-order chi connectivity index (χ0) is 19.1. The van der Waals surface area contributed by atoms with Crippen molar-refractivity contribution >= 4 is 29.0 Å². The fourth-order valence-corrected chi connectivity index (χ4v) is 4.11. The summed E-state index contributed by atoms with van der Waals surface area (Å²) < 4.78 is 27.9. The minimum absolute atomic E-state index is 0.0273. The van der Waals surface area contributed by atoms with Gasteiger partial charge in [0, 0.05) is 30.0 Å². The van der Waals surface area contributed by atoms with E-state index >= 15 is 0 Å². The van der Waals surface area contributed by atoms with E-state index in [4.69, 9.17) is 11.6 Å². The van der Waals surface area contributed by atoms with Gasteiger partial charge in [-0.05, 0) is 42.7 Å². The molecule has 0 fully saturated rings. The van der Waals surface area contributed by atoms with E-state index in [1.54, 1.807) is 18.2 Å². The number of halogens is 3. The molecule has 2 aromatic carbocycles. The first-order valence-corrected chi connectivity index (χ1v) is 9.14. The minimum Gasteiger partial charge on any atom is -0.294 e. The number of rotatable bonds is 2. The monoisotopic (exact) mass is 387 g/mol. The molecule has 0 bridgehead atoms. The van der Waals surface area contributed by atoms with Gasteiger partial charge in [0.2, 0.25) is 5.91 Å². The summed E-state index contributed by atoms with van der Waals surface area (Å²) in [6.07, 6.45) is 1.48. The lowest BCUT2D eigenvalue weighted by Crippen LogP contribution is -2.40. The third kappa shape index (κ3) is 3.06. The highest BCUT2D eigenvalue weighted by Crippen LogP contribution is 2.44. The van der Waals surface area contributed by atoms with Crippen molar-refractivity contribution in [2.45, 2.75) is 31.6 Å². The molecule has 0 radical (unpaired) electrons. The topological polar surface area (TPSA) is 37.4 Å². The van der Waals surface area contributed by atoms with Crippen molar-refractivity contribution in [3.8, 4) is 0 Å². The van der Waals surface area contributed by atoms with Gasteiger partial charge in [-0.15, -0.1) is 0 Å². The first kappa shape index (κ1) is 17.9. The van der Waals surface area contributed by atoms with Crippen molar-refractivity contribution in [2.24, 2.45) is 0 Å². The Balaban J connectivity index is 1.88. The molecule has 27 heavy (non-hydrogen) atoms. The van der Waals surface area contributed by atoms with E-state index in [1.165, 1.54) is 29.2 Å². The number of anilines is 1. The normalized spacial score (nSPS) is 20.1. The lowest BCUT2D eigenvalue weighted by molar-refractivity contribution is -0.119. The van der Waals surface area contributed by atoms with Crippen LogP contribution in [0.25, 0.3) is 0 Å². The fourth-order valence-electron chi connectivity index (χ4n) is 3.94. The van der Waals surface area contributed by atoms with E-state index in [-0.39, 0.29) is 23.1 Å². The van der Waals surface area contributed by atoms with Crippen LogP contribution in [0.3, 0.4) is 0 Å². The summed E-state index contributed by atoms with van der Waals surface area (Å²) in [6.45, 7) is 0. The van der Waals surface area contributed by atoms with Crippen molar-refractivity contribution in [3.63, 3.8) is 0 Å². The van der Waals surface area contributed by atoms with Crippen molar-refractivity contribution in [1.82, 2.24) is 0 Å². The molecule has 1 amide bonds. The number of hydrogen-bond acceptors (Lipinski definition) is 2. The maximum Gasteiger partial charge on any atom is 0.232 e. The Hall–Kier alpha value is -2.53. The zero-order valence-electron chi connectivity index (χ0n) is 14.3. The molecule has 3 nitrogen and oxygen atoms in total. The quantitative estimate of drug-likeness (QED) is 0.715. The lowest BCUT2D eigenvalue weighted by atomic mass is 9.77. The second-order valence-corrected chi connectivity index (χ2v) is 7.15. The van der Waals surface area contributed by atoms with Gasteiger partial charge in [-0.25, -0.2) is 8.78 Å². The van der Waals surface area contributed by atoms with Gasteiger partial charge < -0.3 is 0 Å². The van der Waals surface area contributed by atoms with Crippen LogP contribution in [0.15, 0.2) is 53.7 Å². The number of amides is 1. The fraction of sp³-hybridized carbons (Fsp3) is 0.238. The number of carbonyl (C=O) groups excluding carboxylic acids is 2. The van der Waals surface area contributed by atoms with Crippen LogP contribution in [0.1, 0.15) is 37.2 Å². The van der Waals surface area contributed by atoms with E-state index in [9.17, 15) is 18.4 Å². The second kappa shape index (κ2) is 6.89. The Morgan fingerprint density at radius 3 is 2.52 bits per heavy atom. The molecule has 0 saturated carbocycles. The number of benzene rings is 2. The molecule has 6 heteroatoms. The molecule has 1 heterocycles. The summed E-state index contributed by atoms with van der Waals surface area (Å²) >= 11 is 5.88. The molecule has 4 rings (SSSR count). The van der Waals surface area contributed by atoms with Crippen LogP contribution < -0.4 is 4.90 Å². The Morgan fingerprint density at radius 1 is 1.00 bits per heavy atom. The van der Waals surface area contributed by atoms with Crippen LogP contribution in [-0.4, -0.2) is 11.7 Å². The van der Waals surface area contributed by atoms with Gasteiger partial charge in [0.15, 0.2) is 5.78 Å². The van der Waals surface area contributed by atoms with Gasteiger partial charge in [-0.1, -0.05) is 29.8 Å². The van der Waals surface area contributed by atoms with E-state index in [0.717, 1.165) is 0 Å². The molecule has 1 aliphatic carbocycles. The summed E-state index contributed by atoms with van der Waals surface area (Å²) in [7, 11) is 0. The molecule has 1 unspecified atom stereocenters. The Bertz CT molecular complexity index is 986. The van der Waals surface area contributed by atoms with Gasteiger partial charge in [-0.3, -0.25) is 14.5 Å². The maximum atomic E-state index is 14.4. The average molecular weight is 388 g/mol. The number of Topliss-reactive ketones (excluding diaryl/α,β-unsaturated/α-hetero) is 1. The van der Waals surface area contributed by atoms with Gasteiger partial charge >= 0.3 is 0 Å². The second-order valence-electron chi connectivity index (χ2n) is 6.74. The predicted molar refractivity (Wildman–Crippen MR) is 98.5 cm³/mol. The summed E-state index contributed by atoms with van der Waals surface area (Å²) in [4.78, 5) is 27.1. The lowest BCUT2D eigenvalue weighted by Gasteiger charge is -2.38. The number of carbonyl (C=O) groups is 2. The van der Waals surface area contributed by atoms with E-state index < -0.39 is 17.6 Å². The maximum absolute atomic E-state index is 14.4. The third-order valence-corrected chi connectivity index (χ3v) is 5.41. The van der Waals surface area contributed by atoms with Crippen molar-refractivity contribution in [3.05, 3.63) is 76.0 Å². The molecule has 2 aromatic rings. The smallest absolute Gasteiger partial charge is 0.232 e. The summed E-state index contributed by atoms with van der Waals surface area (Å²) in [5.41, 5.74) is 1.82. The van der Waals surface area contributed by atoms with Crippen LogP contribution in [0.5, 0.6) is 0 Å². The molecule has 0 spiro atoms. The minimum atomic E-state index is -0.603. The van der Waals surface area contributed by atoms with E-state index in [2.05, 4.69) is 0 Å². The zero-order valence-corrected chi connectivity index (χ0v) is 15.1. The van der Waals surface area contributed by atoms with Gasteiger partial charge in [0.1, 0.15) is 11.6 Å². The number of nitrogens with zero attached hydrogens (tertiary/aromatic N) is 1. The Morgan fingerprint density at radius 2 is 1.78 bits per heavy atom. The van der Waals surface area contributed by atoms with Crippen molar-refractivity contribution in [2.75, 3.05) is 4.90 Å². The number of ketones is 1. The van der Waals surface area contributed by atoms with Crippen LogP contribution in [0, 0.1) is 11.6 Å². The van der Waals surface area contributed by atoms with Crippen molar-refractivity contribution < 1.29 is 18.4 Å². The Kier molecular flexibility index (Phi) is 4.56. The first-order chi connectivity index (χ1) is 13.0. The van der Waals surface area contributed by atoms with Crippen molar-refractivity contribution in [1.29, 1.82) is 0 Å².